The number of aromatic nitrogens is 2. The molecule has 0 spiro atoms. The lowest BCUT2D eigenvalue weighted by Crippen LogP contribution is -2.56. The number of piperidine rings is 1. The Hall–Kier alpha value is -3.23. The minimum Gasteiger partial charge on any atom is -0.490 e. The largest absolute Gasteiger partial charge is 0.490 e. The number of amides is 1. The van der Waals surface area contributed by atoms with Gasteiger partial charge in [0.25, 0.3) is 0 Å². The molecule has 1 aliphatic carbocycles. The Morgan fingerprint density at radius 2 is 1.94 bits per heavy atom. The van der Waals surface area contributed by atoms with Crippen LogP contribution in [-0.2, 0) is 9.53 Å². The Kier molecular flexibility index (Phi) is 5.78. The summed E-state index contributed by atoms with van der Waals surface area (Å²) in [5.74, 6) is 1.58. The third kappa shape index (κ3) is 4.68. The zero-order valence-electron chi connectivity index (χ0n) is 19.8. The van der Waals surface area contributed by atoms with Crippen molar-refractivity contribution >= 4 is 23.0 Å². The summed E-state index contributed by atoms with van der Waals surface area (Å²) in [6.07, 6.45) is 6.08. The zero-order chi connectivity index (χ0) is 23.9. The van der Waals surface area contributed by atoms with Gasteiger partial charge in [0.15, 0.2) is 11.6 Å². The van der Waals surface area contributed by atoms with Crippen LogP contribution in [0, 0.1) is 5.92 Å². The fourth-order valence-electron chi connectivity index (χ4n) is 5.09. The molecule has 35 heavy (non-hydrogen) atoms. The Morgan fingerprint density at radius 1 is 1.14 bits per heavy atom. The lowest BCUT2D eigenvalue weighted by molar-refractivity contribution is -0.117. The predicted octanol–water partition coefficient (Wildman–Crippen LogP) is 3.84. The Balaban J connectivity index is 1.32. The summed E-state index contributed by atoms with van der Waals surface area (Å²) in [6.45, 7) is 3.30. The summed E-state index contributed by atoms with van der Waals surface area (Å²) >= 11 is 0. The number of carbonyl (C=O) groups excluding carboxylic acids is 2. The fourth-order valence-corrected chi connectivity index (χ4v) is 5.09. The van der Waals surface area contributed by atoms with Gasteiger partial charge >= 0.3 is 0 Å². The molecule has 3 fully saturated rings. The minimum atomic E-state index is 0.0345. The highest BCUT2D eigenvalue weighted by molar-refractivity contribution is 5.98. The number of Topliss-reactive ketones (excluding diaryl/α,β-unsaturated/α-hetero) is 1. The molecule has 2 N–H and O–H groups in total. The molecule has 1 amide bonds. The molecule has 1 aromatic carbocycles. The lowest BCUT2D eigenvalue weighted by atomic mass is 9.94. The molecule has 1 unspecified atom stereocenters. The molecule has 2 saturated heterocycles. The maximum Gasteiger partial charge on any atom is 0.228 e. The SMILES string of the molecule is CCC(=O)c1ccc(OC2C[C@H]3COC[C@@H](C2)N3)c(-c2ccn3nc(NC(=O)C4CC4)cc3c2)c1. The highest BCUT2D eigenvalue weighted by atomic mass is 16.5. The first-order chi connectivity index (χ1) is 17.1. The molecule has 4 heterocycles. The summed E-state index contributed by atoms with van der Waals surface area (Å²) in [5, 5.41) is 11.0. The number of pyridine rings is 1. The second-order valence-electron chi connectivity index (χ2n) is 9.87. The predicted molar refractivity (Wildman–Crippen MR) is 132 cm³/mol. The van der Waals surface area contributed by atoms with Gasteiger partial charge in [0.1, 0.15) is 11.9 Å². The van der Waals surface area contributed by atoms with Crippen molar-refractivity contribution in [1.82, 2.24) is 14.9 Å². The van der Waals surface area contributed by atoms with E-state index < -0.39 is 0 Å². The van der Waals surface area contributed by atoms with Crippen LogP contribution in [0.3, 0.4) is 0 Å². The summed E-state index contributed by atoms with van der Waals surface area (Å²) in [5.41, 5.74) is 3.36. The van der Waals surface area contributed by atoms with Gasteiger partial charge in [0, 0.05) is 60.7 Å². The van der Waals surface area contributed by atoms with Crippen LogP contribution < -0.4 is 15.4 Å². The maximum absolute atomic E-state index is 12.5. The molecule has 1 saturated carbocycles. The van der Waals surface area contributed by atoms with Crippen molar-refractivity contribution in [2.75, 3.05) is 18.5 Å². The third-order valence-electron chi connectivity index (χ3n) is 7.09. The fraction of sp³-hybridized carbons (Fsp3) is 0.444. The number of ether oxygens (including phenoxy) is 2. The van der Waals surface area contributed by atoms with Crippen molar-refractivity contribution in [3.8, 4) is 16.9 Å². The summed E-state index contributed by atoms with van der Waals surface area (Å²) in [6, 6.07) is 12.2. The van der Waals surface area contributed by atoms with E-state index in [1.54, 1.807) is 4.52 Å². The molecule has 182 valence electrons. The van der Waals surface area contributed by atoms with E-state index in [1.165, 1.54) is 0 Å². The second kappa shape index (κ2) is 9.09. The molecule has 8 nitrogen and oxygen atoms in total. The lowest BCUT2D eigenvalue weighted by Gasteiger charge is -2.40. The number of nitrogens with zero attached hydrogens (tertiary/aromatic N) is 2. The molecule has 2 aromatic heterocycles. The van der Waals surface area contributed by atoms with Crippen LogP contribution in [0.1, 0.15) is 49.4 Å². The number of nitrogens with one attached hydrogen (secondary N) is 2. The Bertz CT molecular complexity index is 1270. The van der Waals surface area contributed by atoms with E-state index in [2.05, 4.69) is 15.7 Å². The van der Waals surface area contributed by atoms with E-state index in [0.29, 0.717) is 43.1 Å². The molecule has 3 aliphatic rings. The molecular weight excluding hydrogens is 444 g/mol. The molecular formula is C27H30N4O4. The standard InChI is InChI=1S/C27H30N4O4/c1-2-24(32)18-5-6-25(35-22-11-19-14-34-15-20(12-22)28-19)23(10-18)17-7-8-31-21(9-17)13-26(30-31)29-27(33)16-3-4-16/h5-10,13,16,19-20,22,28H,2-4,11-12,14-15H2,1H3,(H,29,30,33)/t19-,20+,22?. The van der Waals surface area contributed by atoms with E-state index in [0.717, 1.165) is 48.1 Å². The maximum atomic E-state index is 12.5. The summed E-state index contributed by atoms with van der Waals surface area (Å²) < 4.78 is 14.0. The van der Waals surface area contributed by atoms with Gasteiger partial charge in [-0.25, -0.2) is 4.52 Å². The van der Waals surface area contributed by atoms with Gasteiger partial charge in [-0.3, -0.25) is 9.59 Å². The quantitative estimate of drug-likeness (QED) is 0.506. The van der Waals surface area contributed by atoms with Crippen molar-refractivity contribution in [2.45, 2.75) is 57.2 Å². The Labute approximate surface area is 204 Å². The number of hydrogen-bond acceptors (Lipinski definition) is 6. The highest BCUT2D eigenvalue weighted by Crippen LogP contribution is 2.35. The van der Waals surface area contributed by atoms with Crippen LogP contribution in [0.2, 0.25) is 0 Å². The molecule has 8 heteroatoms. The summed E-state index contributed by atoms with van der Waals surface area (Å²) in [7, 11) is 0. The number of benzene rings is 1. The zero-order valence-corrected chi connectivity index (χ0v) is 19.8. The van der Waals surface area contributed by atoms with Crippen LogP contribution in [0.4, 0.5) is 5.82 Å². The van der Waals surface area contributed by atoms with E-state index in [-0.39, 0.29) is 23.7 Å². The van der Waals surface area contributed by atoms with Gasteiger partial charge in [-0.05, 0) is 48.7 Å². The topological polar surface area (TPSA) is 94.0 Å². The minimum absolute atomic E-state index is 0.0345. The van der Waals surface area contributed by atoms with E-state index in [1.807, 2.05) is 49.5 Å². The third-order valence-corrected chi connectivity index (χ3v) is 7.09. The number of morpholine rings is 1. The Morgan fingerprint density at radius 3 is 2.69 bits per heavy atom. The monoisotopic (exact) mass is 474 g/mol. The summed E-state index contributed by atoms with van der Waals surface area (Å²) in [4.78, 5) is 24.6. The van der Waals surface area contributed by atoms with Gasteiger partial charge in [0.2, 0.25) is 5.91 Å². The van der Waals surface area contributed by atoms with Gasteiger partial charge in [-0.15, -0.1) is 0 Å². The van der Waals surface area contributed by atoms with E-state index in [9.17, 15) is 9.59 Å². The van der Waals surface area contributed by atoms with Gasteiger partial charge in [-0.1, -0.05) is 6.92 Å². The van der Waals surface area contributed by atoms with Crippen LogP contribution in [0.25, 0.3) is 16.6 Å². The van der Waals surface area contributed by atoms with Gasteiger partial charge in [0.05, 0.1) is 18.7 Å². The molecule has 2 bridgehead atoms. The van der Waals surface area contributed by atoms with Crippen molar-refractivity contribution < 1.29 is 19.1 Å². The first kappa shape index (κ1) is 22.2. The van der Waals surface area contributed by atoms with Crippen molar-refractivity contribution in [3.05, 3.63) is 48.2 Å². The number of anilines is 1. The average Bonchev–Trinajstić information content (AvgIpc) is 3.64. The molecule has 3 aromatic rings. The van der Waals surface area contributed by atoms with Crippen LogP contribution in [-0.4, -0.2) is 52.7 Å². The first-order valence-electron chi connectivity index (χ1n) is 12.5. The molecule has 6 rings (SSSR count). The highest BCUT2D eigenvalue weighted by Gasteiger charge is 2.33. The van der Waals surface area contributed by atoms with Crippen molar-refractivity contribution in [1.29, 1.82) is 0 Å². The van der Waals surface area contributed by atoms with Crippen LogP contribution in [0.15, 0.2) is 42.6 Å². The smallest absolute Gasteiger partial charge is 0.228 e. The van der Waals surface area contributed by atoms with Crippen LogP contribution >= 0.6 is 0 Å². The average molecular weight is 475 g/mol. The second-order valence-corrected chi connectivity index (χ2v) is 9.87. The number of rotatable bonds is 7. The van der Waals surface area contributed by atoms with Crippen molar-refractivity contribution in [3.63, 3.8) is 0 Å². The van der Waals surface area contributed by atoms with Crippen molar-refractivity contribution in [2.24, 2.45) is 5.92 Å². The number of fused-ring (bicyclic) bond motifs is 3. The van der Waals surface area contributed by atoms with Crippen LogP contribution in [0.5, 0.6) is 5.75 Å². The van der Waals surface area contributed by atoms with Gasteiger partial charge in [-0.2, -0.15) is 5.10 Å². The van der Waals surface area contributed by atoms with E-state index in [4.69, 9.17) is 9.47 Å². The first-order valence-corrected chi connectivity index (χ1v) is 12.5. The number of carbonyl (C=O) groups is 2. The number of ketones is 1. The van der Waals surface area contributed by atoms with Gasteiger partial charge < -0.3 is 20.1 Å². The molecule has 2 aliphatic heterocycles. The normalized spacial score (nSPS) is 23.7. The molecule has 3 atom stereocenters. The molecule has 0 radical (unpaired) electrons. The van der Waals surface area contributed by atoms with E-state index >= 15 is 0 Å². The number of hydrogen-bond donors (Lipinski definition) is 2.